The van der Waals surface area contributed by atoms with Crippen LogP contribution in [0.4, 0.5) is 14.5 Å². The zero-order valence-electron chi connectivity index (χ0n) is 27.7. The normalized spacial score (nSPS) is 20.2. The first-order valence-corrected chi connectivity index (χ1v) is 16.5. The van der Waals surface area contributed by atoms with Gasteiger partial charge in [-0.1, -0.05) is 62.2 Å². The second kappa shape index (κ2) is 13.9. The van der Waals surface area contributed by atoms with Gasteiger partial charge in [-0.25, -0.2) is 18.6 Å². The summed E-state index contributed by atoms with van der Waals surface area (Å²) in [7, 11) is 1.34. The van der Waals surface area contributed by atoms with Crippen LogP contribution in [0.25, 0.3) is 11.2 Å². The van der Waals surface area contributed by atoms with Crippen LogP contribution >= 0.6 is 23.2 Å². The van der Waals surface area contributed by atoms with E-state index in [9.17, 15) is 14.9 Å². The van der Waals surface area contributed by atoms with Gasteiger partial charge < -0.3 is 20.2 Å². The van der Waals surface area contributed by atoms with E-state index in [2.05, 4.69) is 32.0 Å². The number of pyridine rings is 1. The maximum atomic E-state index is 16.0. The summed E-state index contributed by atoms with van der Waals surface area (Å²) in [5.41, 5.74) is -1.49. The number of hydrogen-bond donors (Lipinski definition) is 2. The van der Waals surface area contributed by atoms with Gasteiger partial charge in [-0.15, -0.1) is 5.10 Å². The number of anilines is 1. The Balaban J connectivity index is 1.39. The predicted molar refractivity (Wildman–Crippen MR) is 185 cm³/mol. The largest absolute Gasteiger partial charge is 0.495 e. The molecule has 6 rings (SSSR count). The van der Waals surface area contributed by atoms with Crippen molar-refractivity contribution in [2.24, 2.45) is 5.41 Å². The highest BCUT2D eigenvalue weighted by Gasteiger charge is 2.61. The Bertz CT molecular complexity index is 2200. The molecule has 3 aromatic carbocycles. The van der Waals surface area contributed by atoms with Crippen molar-refractivity contribution in [2.75, 3.05) is 12.4 Å². The van der Waals surface area contributed by atoms with E-state index in [1.54, 1.807) is 12.1 Å². The van der Waals surface area contributed by atoms with E-state index in [0.717, 1.165) is 10.9 Å². The molecule has 1 saturated heterocycles. The Morgan fingerprint density at radius 3 is 2.59 bits per heavy atom. The number of benzene rings is 3. The fourth-order valence-electron chi connectivity index (χ4n) is 6.63. The molecule has 0 bridgehead atoms. The number of aromatic nitrogens is 4. The lowest BCUT2D eigenvalue weighted by atomic mass is 9.62. The van der Waals surface area contributed by atoms with Crippen molar-refractivity contribution in [3.63, 3.8) is 0 Å². The van der Waals surface area contributed by atoms with E-state index < -0.39 is 52.3 Å². The molecule has 2 aromatic heterocycles. The van der Waals surface area contributed by atoms with Crippen LogP contribution < -0.4 is 20.2 Å². The van der Waals surface area contributed by atoms with E-state index in [1.807, 2.05) is 20.8 Å². The number of halogens is 4. The molecule has 4 atom stereocenters. The second-order valence-corrected chi connectivity index (χ2v) is 14.1. The van der Waals surface area contributed by atoms with Gasteiger partial charge in [0.2, 0.25) is 11.6 Å². The van der Waals surface area contributed by atoms with Gasteiger partial charge in [0, 0.05) is 28.7 Å². The summed E-state index contributed by atoms with van der Waals surface area (Å²) >= 11 is 12.4. The number of fused-ring (bicyclic) bond motifs is 1. The van der Waals surface area contributed by atoms with Crippen molar-refractivity contribution in [2.45, 2.75) is 50.6 Å². The highest BCUT2D eigenvalue weighted by atomic mass is 35.5. The average molecular weight is 735 g/mol. The first-order chi connectivity index (χ1) is 24.3. The Kier molecular flexibility index (Phi) is 9.69. The van der Waals surface area contributed by atoms with Gasteiger partial charge in [-0.05, 0) is 76.0 Å². The van der Waals surface area contributed by atoms with E-state index >= 15 is 8.78 Å². The molecule has 11 nitrogen and oxygen atoms in total. The van der Waals surface area contributed by atoms with E-state index in [-0.39, 0.29) is 43.8 Å². The van der Waals surface area contributed by atoms with Gasteiger partial charge in [0.25, 0.3) is 0 Å². The van der Waals surface area contributed by atoms with Crippen LogP contribution in [0, 0.1) is 28.4 Å². The summed E-state index contributed by atoms with van der Waals surface area (Å²) < 4.78 is 37.5. The topological polar surface area (TPSA) is 144 Å². The van der Waals surface area contributed by atoms with Crippen LogP contribution in [0.5, 0.6) is 5.75 Å². The molecule has 1 fully saturated rings. The van der Waals surface area contributed by atoms with E-state index in [0.29, 0.717) is 11.9 Å². The number of nitriles is 1. The van der Waals surface area contributed by atoms with Gasteiger partial charge in [0.05, 0.1) is 35.5 Å². The number of ether oxygens (including phenoxy) is 1. The molecule has 3 heterocycles. The smallest absolute Gasteiger partial charge is 0.365 e. The Morgan fingerprint density at radius 2 is 1.88 bits per heavy atom. The number of rotatable bonds is 8. The van der Waals surface area contributed by atoms with Crippen molar-refractivity contribution in [1.29, 1.82) is 5.26 Å². The minimum atomic E-state index is -1.81. The maximum absolute atomic E-state index is 16.0. The van der Waals surface area contributed by atoms with E-state index in [1.165, 1.54) is 61.8 Å². The molecule has 15 heteroatoms. The van der Waals surface area contributed by atoms with Gasteiger partial charge in [0.1, 0.15) is 28.3 Å². The number of nitrogens with zero attached hydrogens (tertiary/aromatic N) is 5. The van der Waals surface area contributed by atoms with Crippen LogP contribution in [-0.2, 0) is 10.2 Å². The summed E-state index contributed by atoms with van der Waals surface area (Å²) in [4.78, 5) is 37.8. The molecule has 1 aliphatic rings. The fourth-order valence-corrected chi connectivity index (χ4v) is 6.97. The first-order valence-electron chi connectivity index (χ1n) is 15.7. The zero-order chi connectivity index (χ0) is 36.7. The van der Waals surface area contributed by atoms with Gasteiger partial charge >= 0.3 is 5.97 Å². The Morgan fingerprint density at radius 1 is 1.10 bits per heavy atom. The van der Waals surface area contributed by atoms with Crippen LogP contribution in [0.2, 0.25) is 10.0 Å². The standard InChI is InChI=1S/C36H31Cl2F2N7O4/c1-35(2,3)17-28-36(18-41,22-12-11-20(37)16-24(22)39)29(21-7-5-8-23(38)30(21)40)31(44-28)33(48)43-25-13-10-19(15-27(25)50-4)34(49)51-47-32-26(45-46-47)9-6-14-42-32/h5-16,28-29,31,44H,17H2,1-4H3,(H,43,48)/t28-,29-,31+,36-/m0/s1. The van der Waals surface area contributed by atoms with Crippen molar-refractivity contribution in [3.8, 4) is 11.8 Å². The van der Waals surface area contributed by atoms with Crippen LogP contribution in [0.1, 0.15) is 54.6 Å². The van der Waals surface area contributed by atoms with Gasteiger partial charge in [0.15, 0.2) is 0 Å². The molecule has 0 unspecified atom stereocenters. The molecular weight excluding hydrogens is 703 g/mol. The highest BCUT2D eigenvalue weighted by Crippen LogP contribution is 2.53. The van der Waals surface area contributed by atoms with E-state index in [4.69, 9.17) is 32.8 Å². The molecule has 0 spiro atoms. The monoisotopic (exact) mass is 733 g/mol. The average Bonchev–Trinajstić information content (AvgIpc) is 3.64. The number of carbonyl (C=O) groups is 2. The number of carbonyl (C=O) groups excluding carboxylic acids is 2. The molecule has 262 valence electrons. The van der Waals surface area contributed by atoms with Crippen molar-refractivity contribution < 1.29 is 27.9 Å². The lowest BCUT2D eigenvalue weighted by Gasteiger charge is -2.37. The molecule has 0 radical (unpaired) electrons. The van der Waals surface area contributed by atoms with Crippen LogP contribution in [-0.4, -0.2) is 51.2 Å². The number of nitrogens with one attached hydrogen (secondary N) is 2. The van der Waals surface area contributed by atoms with Crippen LogP contribution in [0.3, 0.4) is 0 Å². The summed E-state index contributed by atoms with van der Waals surface area (Å²) in [5.74, 6) is -4.31. The molecule has 5 aromatic rings. The lowest BCUT2D eigenvalue weighted by Crippen LogP contribution is -2.45. The molecule has 0 aliphatic carbocycles. The second-order valence-electron chi connectivity index (χ2n) is 13.3. The third kappa shape index (κ3) is 6.70. The number of methoxy groups -OCH3 is 1. The predicted octanol–water partition coefficient (Wildman–Crippen LogP) is 6.65. The number of amides is 1. The summed E-state index contributed by atoms with van der Waals surface area (Å²) in [6.45, 7) is 5.82. The fraction of sp³-hybridized carbons (Fsp3) is 0.278. The van der Waals surface area contributed by atoms with Crippen LogP contribution in [0.15, 0.2) is 72.9 Å². The third-order valence-electron chi connectivity index (χ3n) is 8.78. The first kappa shape index (κ1) is 35.7. The van der Waals surface area contributed by atoms with Gasteiger partial charge in [-0.2, -0.15) is 5.26 Å². The summed E-state index contributed by atoms with van der Waals surface area (Å²) in [5, 5.41) is 24.7. The molecular formula is C36H31Cl2F2N7O4. The minimum absolute atomic E-state index is 0.0494. The quantitative estimate of drug-likeness (QED) is 0.168. The lowest BCUT2D eigenvalue weighted by molar-refractivity contribution is -0.118. The molecule has 2 N–H and O–H groups in total. The molecule has 0 saturated carbocycles. The molecule has 1 amide bonds. The maximum Gasteiger partial charge on any atom is 0.365 e. The SMILES string of the molecule is COc1cc(C(=O)On2nnc3cccnc32)ccc1NC(=O)[C@@H]1N[C@@H](CC(C)(C)C)[C@](C#N)(c2ccc(Cl)cc2F)[C@H]1c1cccc(Cl)c1F. The molecule has 1 aliphatic heterocycles. The van der Waals surface area contributed by atoms with Crippen molar-refractivity contribution in [1.82, 2.24) is 25.5 Å². The zero-order valence-corrected chi connectivity index (χ0v) is 29.3. The van der Waals surface area contributed by atoms with Crippen molar-refractivity contribution >= 4 is 51.9 Å². The summed E-state index contributed by atoms with van der Waals surface area (Å²) in [6.07, 6.45) is 1.79. The molecule has 51 heavy (non-hydrogen) atoms. The summed E-state index contributed by atoms with van der Waals surface area (Å²) in [6, 6.07) is 15.9. The van der Waals surface area contributed by atoms with Crippen molar-refractivity contribution in [3.05, 3.63) is 111 Å². The Labute approximate surface area is 301 Å². The minimum Gasteiger partial charge on any atom is -0.495 e. The third-order valence-corrected chi connectivity index (χ3v) is 9.30. The Hall–Kier alpha value is -5.16. The number of hydrogen-bond acceptors (Lipinski definition) is 9. The highest BCUT2D eigenvalue weighted by molar-refractivity contribution is 6.31. The van der Waals surface area contributed by atoms with Gasteiger partial charge in [-0.3, -0.25) is 4.79 Å².